The molecule has 3 nitrogen and oxygen atoms in total. The predicted molar refractivity (Wildman–Crippen MR) is 88.6 cm³/mol. The van der Waals surface area contributed by atoms with Crippen LogP contribution in [0.4, 0.5) is 0 Å². The number of nitrogens with zero attached hydrogens (tertiary/aromatic N) is 1. The van der Waals surface area contributed by atoms with Crippen molar-refractivity contribution in [1.29, 1.82) is 0 Å². The molecule has 19 heavy (non-hydrogen) atoms. The maximum atomic E-state index is 10.1. The number of phenols is 1. The van der Waals surface area contributed by atoms with Gasteiger partial charge in [0, 0.05) is 36.2 Å². The summed E-state index contributed by atoms with van der Waals surface area (Å²) in [5, 5.41) is 13.4. The van der Waals surface area contributed by atoms with Crippen LogP contribution in [0.25, 0.3) is 0 Å². The third kappa shape index (κ3) is 3.24. The van der Waals surface area contributed by atoms with Crippen molar-refractivity contribution in [2.24, 2.45) is 0 Å². The molecule has 0 unspecified atom stereocenters. The Balaban J connectivity index is 2.43. The molecule has 0 aromatic heterocycles. The molecular formula is C13H15Br3N2O. The molecule has 6 heteroatoms. The Morgan fingerprint density at radius 1 is 1.26 bits per heavy atom. The van der Waals surface area contributed by atoms with E-state index < -0.39 is 0 Å². The zero-order valence-electron chi connectivity index (χ0n) is 10.3. The summed E-state index contributed by atoms with van der Waals surface area (Å²) in [5.74, 6) is 0.222. The van der Waals surface area contributed by atoms with Gasteiger partial charge in [-0.05, 0) is 37.9 Å². The minimum atomic E-state index is 0.0739. The first-order valence-electron chi connectivity index (χ1n) is 6.00. The molecule has 1 aliphatic rings. The Morgan fingerprint density at radius 2 is 1.89 bits per heavy atom. The van der Waals surface area contributed by atoms with Gasteiger partial charge in [0.05, 0.1) is 15.0 Å². The lowest BCUT2D eigenvalue weighted by atomic mass is 10.0. The van der Waals surface area contributed by atoms with Crippen LogP contribution in [0.15, 0.2) is 32.1 Å². The summed E-state index contributed by atoms with van der Waals surface area (Å²) in [7, 11) is 0. The summed E-state index contributed by atoms with van der Waals surface area (Å²) >= 11 is 10.4. The van der Waals surface area contributed by atoms with Gasteiger partial charge in [-0.3, -0.25) is 4.90 Å². The van der Waals surface area contributed by atoms with Crippen LogP contribution in [0.2, 0.25) is 0 Å². The minimum absolute atomic E-state index is 0.0739. The van der Waals surface area contributed by atoms with Crippen LogP contribution >= 0.6 is 47.8 Å². The minimum Gasteiger partial charge on any atom is -0.506 e. The molecule has 1 aromatic rings. The van der Waals surface area contributed by atoms with E-state index in [1.807, 2.05) is 12.1 Å². The Bertz CT molecular complexity index is 487. The first kappa shape index (κ1) is 15.5. The third-order valence-corrected chi connectivity index (χ3v) is 5.31. The first-order valence-corrected chi connectivity index (χ1v) is 8.37. The molecule has 0 saturated carbocycles. The van der Waals surface area contributed by atoms with Gasteiger partial charge in [0.2, 0.25) is 0 Å². The second-order valence-electron chi connectivity index (χ2n) is 4.38. The van der Waals surface area contributed by atoms with Crippen molar-refractivity contribution in [3.8, 4) is 5.75 Å². The standard InChI is InChI=1S/C13H15Br3N2O/c1-2-10(18-5-3-17-4-6-18)11-8(14)7-9(15)13(19)12(11)16/h2,7,10,17,19H,1,3-6H2/t10-/m0/s1. The fourth-order valence-corrected chi connectivity index (χ4v) is 4.87. The number of benzene rings is 1. The van der Waals surface area contributed by atoms with Crippen molar-refractivity contribution < 1.29 is 5.11 Å². The van der Waals surface area contributed by atoms with E-state index in [1.165, 1.54) is 0 Å². The van der Waals surface area contributed by atoms with Crippen molar-refractivity contribution >= 4 is 47.8 Å². The lowest BCUT2D eigenvalue weighted by Crippen LogP contribution is -2.44. The van der Waals surface area contributed by atoms with Crippen LogP contribution in [0, 0.1) is 0 Å². The molecular weight excluding hydrogens is 440 g/mol. The summed E-state index contributed by atoms with van der Waals surface area (Å²) in [6.45, 7) is 7.83. The number of phenolic OH excluding ortho intramolecular Hbond substituents is 1. The molecule has 0 aliphatic carbocycles. The number of nitrogens with one attached hydrogen (secondary N) is 1. The van der Waals surface area contributed by atoms with E-state index in [1.54, 1.807) is 0 Å². The summed E-state index contributed by atoms with van der Waals surface area (Å²) in [6, 6.07) is 1.94. The zero-order chi connectivity index (χ0) is 14.0. The lowest BCUT2D eigenvalue weighted by Gasteiger charge is -2.34. The van der Waals surface area contributed by atoms with E-state index in [2.05, 4.69) is 64.6 Å². The van der Waals surface area contributed by atoms with Gasteiger partial charge in [0.1, 0.15) is 5.75 Å². The van der Waals surface area contributed by atoms with Gasteiger partial charge in [0.25, 0.3) is 0 Å². The van der Waals surface area contributed by atoms with Crippen molar-refractivity contribution in [3.63, 3.8) is 0 Å². The Hall–Kier alpha value is 0.120. The molecule has 0 spiro atoms. The summed E-state index contributed by atoms with van der Waals surface area (Å²) < 4.78 is 2.32. The number of aromatic hydroxyl groups is 1. The summed E-state index contributed by atoms with van der Waals surface area (Å²) in [5.41, 5.74) is 1.01. The molecule has 1 fully saturated rings. The van der Waals surface area contributed by atoms with Crippen molar-refractivity contribution in [2.75, 3.05) is 26.2 Å². The summed E-state index contributed by atoms with van der Waals surface area (Å²) in [6.07, 6.45) is 1.92. The molecule has 1 aromatic carbocycles. The van der Waals surface area contributed by atoms with Crippen LogP contribution in [-0.4, -0.2) is 36.2 Å². The Labute approximate surface area is 138 Å². The highest BCUT2D eigenvalue weighted by Crippen LogP contribution is 2.43. The molecule has 1 saturated heterocycles. The van der Waals surface area contributed by atoms with Gasteiger partial charge in [0.15, 0.2) is 0 Å². The molecule has 1 atom stereocenters. The third-order valence-electron chi connectivity index (χ3n) is 3.25. The van der Waals surface area contributed by atoms with Gasteiger partial charge in [-0.2, -0.15) is 0 Å². The van der Waals surface area contributed by atoms with Crippen molar-refractivity contribution in [1.82, 2.24) is 10.2 Å². The smallest absolute Gasteiger partial charge is 0.144 e. The first-order chi connectivity index (χ1) is 9.06. The van der Waals surface area contributed by atoms with Crippen molar-refractivity contribution in [2.45, 2.75) is 6.04 Å². The second-order valence-corrected chi connectivity index (χ2v) is 6.88. The molecule has 0 bridgehead atoms. The van der Waals surface area contributed by atoms with Gasteiger partial charge < -0.3 is 10.4 Å². The van der Waals surface area contributed by atoms with Gasteiger partial charge >= 0.3 is 0 Å². The summed E-state index contributed by atoms with van der Waals surface area (Å²) in [4.78, 5) is 2.35. The molecule has 0 radical (unpaired) electrons. The number of rotatable bonds is 3. The molecule has 104 valence electrons. The fourth-order valence-electron chi connectivity index (χ4n) is 2.28. The van der Waals surface area contributed by atoms with Gasteiger partial charge in [-0.1, -0.05) is 22.0 Å². The molecule has 2 rings (SSSR count). The SMILES string of the molecule is C=C[C@@H](c1c(Br)cc(Br)c(O)c1Br)N1CCNCC1. The average Bonchev–Trinajstić information content (AvgIpc) is 2.42. The van der Waals surface area contributed by atoms with Gasteiger partial charge in [-0.25, -0.2) is 0 Å². The highest BCUT2D eigenvalue weighted by Gasteiger charge is 2.25. The van der Waals surface area contributed by atoms with Crippen LogP contribution in [0.3, 0.4) is 0 Å². The maximum Gasteiger partial charge on any atom is 0.144 e. The number of halogens is 3. The number of hydrogen-bond donors (Lipinski definition) is 2. The van der Waals surface area contributed by atoms with E-state index in [0.717, 1.165) is 36.2 Å². The normalized spacial score (nSPS) is 18.3. The number of piperazine rings is 1. The highest BCUT2D eigenvalue weighted by atomic mass is 79.9. The largest absolute Gasteiger partial charge is 0.506 e. The zero-order valence-corrected chi connectivity index (χ0v) is 15.1. The molecule has 1 aliphatic heterocycles. The van der Waals surface area contributed by atoms with Crippen LogP contribution in [-0.2, 0) is 0 Å². The van der Waals surface area contributed by atoms with E-state index in [9.17, 15) is 5.11 Å². The van der Waals surface area contributed by atoms with Crippen LogP contribution in [0.1, 0.15) is 11.6 Å². The molecule has 2 N–H and O–H groups in total. The monoisotopic (exact) mass is 452 g/mol. The molecule has 1 heterocycles. The fraction of sp³-hybridized carbons (Fsp3) is 0.385. The predicted octanol–water partition coefficient (Wildman–Crippen LogP) is 3.81. The highest BCUT2D eigenvalue weighted by molar-refractivity contribution is 9.11. The topological polar surface area (TPSA) is 35.5 Å². The second kappa shape index (κ2) is 6.72. The Morgan fingerprint density at radius 3 is 2.47 bits per heavy atom. The quantitative estimate of drug-likeness (QED) is 0.682. The lowest BCUT2D eigenvalue weighted by molar-refractivity contribution is 0.202. The van der Waals surface area contributed by atoms with Crippen LogP contribution < -0.4 is 5.32 Å². The van der Waals surface area contributed by atoms with Crippen LogP contribution in [0.5, 0.6) is 5.75 Å². The van der Waals surface area contributed by atoms with E-state index in [4.69, 9.17) is 0 Å². The van der Waals surface area contributed by atoms with E-state index in [-0.39, 0.29) is 11.8 Å². The van der Waals surface area contributed by atoms with E-state index >= 15 is 0 Å². The average molecular weight is 455 g/mol. The Kier molecular flexibility index (Phi) is 5.48. The maximum absolute atomic E-state index is 10.1. The molecule has 0 amide bonds. The number of hydrogen-bond acceptors (Lipinski definition) is 3. The van der Waals surface area contributed by atoms with Crippen molar-refractivity contribution in [3.05, 3.63) is 37.7 Å². The van der Waals surface area contributed by atoms with E-state index in [0.29, 0.717) is 8.95 Å². The van der Waals surface area contributed by atoms with Gasteiger partial charge in [-0.15, -0.1) is 6.58 Å².